The van der Waals surface area contributed by atoms with Crippen LogP contribution < -0.4 is 5.73 Å². The van der Waals surface area contributed by atoms with Gasteiger partial charge in [-0.15, -0.1) is 11.3 Å². The normalized spacial score (nSPS) is 19.0. The number of aromatic nitrogens is 2. The van der Waals surface area contributed by atoms with Crippen LogP contribution in [0, 0.1) is 2.88 Å². The zero-order valence-corrected chi connectivity index (χ0v) is 12.8. The van der Waals surface area contributed by atoms with Crippen LogP contribution in [-0.2, 0) is 5.54 Å². The van der Waals surface area contributed by atoms with Crippen LogP contribution in [0.5, 0.6) is 0 Å². The predicted molar refractivity (Wildman–Crippen MR) is 79.3 cm³/mol. The molecule has 1 saturated carbocycles. The molecule has 2 heterocycles. The van der Waals surface area contributed by atoms with Crippen molar-refractivity contribution in [3.05, 3.63) is 20.2 Å². The topological polar surface area (TPSA) is 64.9 Å². The monoisotopic (exact) mass is 375 g/mol. The van der Waals surface area contributed by atoms with Gasteiger partial charge in [-0.3, -0.25) is 0 Å². The van der Waals surface area contributed by atoms with Crippen molar-refractivity contribution < 1.29 is 4.52 Å². The zero-order valence-electron chi connectivity index (χ0n) is 9.86. The van der Waals surface area contributed by atoms with Crippen molar-refractivity contribution >= 4 is 33.9 Å². The van der Waals surface area contributed by atoms with Crippen molar-refractivity contribution in [3.63, 3.8) is 0 Å². The Bertz CT molecular complexity index is 545. The highest BCUT2D eigenvalue weighted by Crippen LogP contribution is 2.34. The Morgan fingerprint density at radius 3 is 2.78 bits per heavy atom. The summed E-state index contributed by atoms with van der Waals surface area (Å²) in [6.45, 7) is 0. The molecule has 18 heavy (non-hydrogen) atoms. The maximum Gasteiger partial charge on any atom is 0.258 e. The van der Waals surface area contributed by atoms with Gasteiger partial charge in [0.25, 0.3) is 5.89 Å². The standard InChI is InChI=1S/C12H14IN3OS/c13-9-6-8(7-18-9)10-15-11(16-17-10)12(14)4-2-1-3-5-12/h6-7H,1-5,14H2. The average molecular weight is 375 g/mol. The summed E-state index contributed by atoms with van der Waals surface area (Å²) in [4.78, 5) is 4.49. The second-order valence-electron chi connectivity index (χ2n) is 4.78. The Kier molecular flexibility index (Phi) is 3.42. The largest absolute Gasteiger partial charge is 0.334 e. The maximum absolute atomic E-state index is 6.39. The molecule has 0 unspecified atom stereocenters. The smallest absolute Gasteiger partial charge is 0.258 e. The Labute approximate surface area is 123 Å². The van der Waals surface area contributed by atoms with E-state index < -0.39 is 0 Å². The highest BCUT2D eigenvalue weighted by Gasteiger charge is 2.34. The molecule has 0 aliphatic heterocycles. The van der Waals surface area contributed by atoms with Gasteiger partial charge in [0.2, 0.25) is 0 Å². The van der Waals surface area contributed by atoms with Gasteiger partial charge in [-0.1, -0.05) is 24.4 Å². The van der Waals surface area contributed by atoms with Crippen LogP contribution in [0.3, 0.4) is 0 Å². The molecule has 0 spiro atoms. The van der Waals surface area contributed by atoms with Crippen LogP contribution >= 0.6 is 33.9 Å². The minimum absolute atomic E-state index is 0.386. The third-order valence-electron chi connectivity index (χ3n) is 3.43. The molecule has 4 nitrogen and oxygen atoms in total. The summed E-state index contributed by atoms with van der Waals surface area (Å²) in [7, 11) is 0. The predicted octanol–water partition coefficient (Wildman–Crippen LogP) is 3.52. The fourth-order valence-corrected chi connectivity index (χ4v) is 3.69. The zero-order chi connectivity index (χ0) is 12.6. The Morgan fingerprint density at radius 1 is 1.33 bits per heavy atom. The van der Waals surface area contributed by atoms with Crippen LogP contribution in [0.4, 0.5) is 0 Å². The number of hydrogen-bond donors (Lipinski definition) is 1. The Hall–Kier alpha value is -0.470. The van der Waals surface area contributed by atoms with Crippen LogP contribution in [0.1, 0.15) is 37.9 Å². The minimum atomic E-state index is -0.386. The van der Waals surface area contributed by atoms with Crippen molar-refractivity contribution in [2.75, 3.05) is 0 Å². The SMILES string of the molecule is NC1(c2noc(-c3csc(I)c3)n2)CCCCC1. The number of nitrogens with zero attached hydrogens (tertiary/aromatic N) is 2. The quantitative estimate of drug-likeness (QED) is 0.816. The highest BCUT2D eigenvalue weighted by molar-refractivity contribution is 14.1. The molecular formula is C12H14IN3OS. The van der Waals surface area contributed by atoms with E-state index in [0.717, 1.165) is 31.2 Å². The molecule has 0 amide bonds. The molecule has 0 atom stereocenters. The summed E-state index contributed by atoms with van der Waals surface area (Å²) in [5, 5.41) is 6.12. The third kappa shape index (κ3) is 2.33. The van der Waals surface area contributed by atoms with Crippen LogP contribution in [0.15, 0.2) is 16.0 Å². The molecule has 0 aromatic carbocycles. The summed E-state index contributed by atoms with van der Waals surface area (Å²) < 4.78 is 6.56. The van der Waals surface area contributed by atoms with Gasteiger partial charge in [-0.05, 0) is 41.5 Å². The molecular weight excluding hydrogens is 361 g/mol. The first-order valence-corrected chi connectivity index (χ1v) is 8.01. The molecule has 3 rings (SSSR count). The van der Waals surface area contributed by atoms with Crippen LogP contribution in [0.25, 0.3) is 11.5 Å². The number of hydrogen-bond acceptors (Lipinski definition) is 5. The van der Waals surface area contributed by atoms with E-state index in [4.69, 9.17) is 10.3 Å². The van der Waals surface area contributed by atoms with Gasteiger partial charge in [-0.25, -0.2) is 0 Å². The van der Waals surface area contributed by atoms with E-state index in [1.165, 1.54) is 9.30 Å². The van der Waals surface area contributed by atoms with E-state index in [2.05, 4.69) is 32.7 Å². The Morgan fingerprint density at radius 2 is 2.11 bits per heavy atom. The van der Waals surface area contributed by atoms with Gasteiger partial charge >= 0.3 is 0 Å². The van der Waals surface area contributed by atoms with E-state index in [9.17, 15) is 0 Å². The van der Waals surface area contributed by atoms with Gasteiger partial charge in [0, 0.05) is 5.38 Å². The van der Waals surface area contributed by atoms with Gasteiger partial charge in [0.05, 0.1) is 14.0 Å². The first-order chi connectivity index (χ1) is 8.67. The molecule has 1 aliphatic rings. The molecule has 2 aromatic heterocycles. The van der Waals surface area contributed by atoms with Gasteiger partial charge < -0.3 is 10.3 Å². The van der Waals surface area contributed by atoms with E-state index in [0.29, 0.717) is 11.7 Å². The molecule has 2 N–H and O–H groups in total. The first kappa shape index (κ1) is 12.6. The molecule has 2 aromatic rings. The molecule has 1 fully saturated rings. The van der Waals surface area contributed by atoms with Crippen LogP contribution in [0.2, 0.25) is 0 Å². The number of rotatable bonds is 2. The summed E-state index contributed by atoms with van der Waals surface area (Å²) in [5.41, 5.74) is 7.00. The van der Waals surface area contributed by atoms with Gasteiger partial charge in [0.1, 0.15) is 0 Å². The molecule has 0 saturated heterocycles. The molecule has 1 aliphatic carbocycles. The molecule has 0 radical (unpaired) electrons. The van der Waals surface area contributed by atoms with Crippen molar-refractivity contribution in [1.29, 1.82) is 0 Å². The van der Waals surface area contributed by atoms with Gasteiger partial charge in [0.15, 0.2) is 5.82 Å². The highest BCUT2D eigenvalue weighted by atomic mass is 127. The lowest BCUT2D eigenvalue weighted by Crippen LogP contribution is -2.39. The summed E-state index contributed by atoms with van der Waals surface area (Å²) in [6, 6.07) is 2.05. The van der Waals surface area contributed by atoms with Crippen molar-refractivity contribution in [1.82, 2.24) is 10.1 Å². The lowest BCUT2D eigenvalue weighted by atomic mass is 9.82. The first-order valence-electron chi connectivity index (χ1n) is 6.05. The number of halogens is 1. The van der Waals surface area contributed by atoms with Crippen molar-refractivity contribution in [2.24, 2.45) is 5.73 Å². The van der Waals surface area contributed by atoms with E-state index in [1.54, 1.807) is 11.3 Å². The number of nitrogens with two attached hydrogens (primary N) is 1. The molecule has 6 heteroatoms. The lowest BCUT2D eigenvalue weighted by molar-refractivity contribution is 0.275. The van der Waals surface area contributed by atoms with Crippen LogP contribution in [-0.4, -0.2) is 10.1 Å². The minimum Gasteiger partial charge on any atom is -0.334 e. The maximum atomic E-state index is 6.39. The fourth-order valence-electron chi connectivity index (χ4n) is 2.37. The average Bonchev–Trinajstić information content (AvgIpc) is 2.98. The van der Waals surface area contributed by atoms with Crippen molar-refractivity contribution in [2.45, 2.75) is 37.6 Å². The summed E-state index contributed by atoms with van der Waals surface area (Å²) in [5.74, 6) is 1.25. The summed E-state index contributed by atoms with van der Waals surface area (Å²) >= 11 is 3.96. The van der Waals surface area contributed by atoms with E-state index in [-0.39, 0.29) is 5.54 Å². The number of thiophene rings is 1. The van der Waals surface area contributed by atoms with E-state index in [1.807, 2.05) is 11.4 Å². The van der Waals surface area contributed by atoms with Crippen molar-refractivity contribution in [3.8, 4) is 11.5 Å². The molecule has 0 bridgehead atoms. The molecule has 96 valence electrons. The lowest BCUT2D eigenvalue weighted by Gasteiger charge is -2.29. The second kappa shape index (κ2) is 4.90. The fraction of sp³-hybridized carbons (Fsp3) is 0.500. The van der Waals surface area contributed by atoms with Gasteiger partial charge in [-0.2, -0.15) is 4.98 Å². The summed E-state index contributed by atoms with van der Waals surface area (Å²) in [6.07, 6.45) is 5.46. The van der Waals surface area contributed by atoms with E-state index >= 15 is 0 Å². The second-order valence-corrected chi connectivity index (χ2v) is 7.58. The third-order valence-corrected chi connectivity index (χ3v) is 5.22. The Balaban J connectivity index is 1.89.